The number of hydrogen-bond donors (Lipinski definition) is 1. The maximum atomic E-state index is 10.4. The van der Waals surface area contributed by atoms with Gasteiger partial charge in [-0.25, -0.2) is 0 Å². The van der Waals surface area contributed by atoms with E-state index >= 15 is 0 Å². The molecule has 0 saturated carbocycles. The van der Waals surface area contributed by atoms with Crippen molar-refractivity contribution in [2.24, 2.45) is 0 Å². The SMILES string of the molecule is CCC1OC1CCCCCCC/C=C\CCCCCCC(=O)O. The van der Waals surface area contributed by atoms with Gasteiger partial charge in [-0.1, -0.05) is 57.6 Å². The normalized spacial score (nSPS) is 20.2. The molecule has 1 rings (SSSR count). The predicted molar refractivity (Wildman–Crippen MR) is 95.7 cm³/mol. The zero-order chi connectivity index (χ0) is 16.8. The van der Waals surface area contributed by atoms with Gasteiger partial charge in [0.2, 0.25) is 0 Å². The van der Waals surface area contributed by atoms with Crippen molar-refractivity contribution in [2.45, 2.75) is 109 Å². The third-order valence-electron chi connectivity index (χ3n) is 4.63. The zero-order valence-corrected chi connectivity index (χ0v) is 15.0. The van der Waals surface area contributed by atoms with Crippen molar-refractivity contribution in [3.63, 3.8) is 0 Å². The quantitative estimate of drug-likeness (QED) is 0.219. The molecule has 1 saturated heterocycles. The van der Waals surface area contributed by atoms with E-state index < -0.39 is 5.97 Å². The lowest BCUT2D eigenvalue weighted by atomic mass is 10.1. The summed E-state index contributed by atoms with van der Waals surface area (Å²) in [7, 11) is 0. The molecule has 0 aliphatic carbocycles. The van der Waals surface area contributed by atoms with Crippen LogP contribution in [0.3, 0.4) is 0 Å². The topological polar surface area (TPSA) is 49.8 Å². The summed E-state index contributed by atoms with van der Waals surface area (Å²) in [4.78, 5) is 10.4. The standard InChI is InChI=1S/C20H36O3/c1-2-18-19(23-18)16-14-12-10-8-6-4-3-5-7-9-11-13-15-17-20(21)22/h3,5,18-19H,2,4,6-17H2,1H3,(H,21,22)/b5-3-. The van der Waals surface area contributed by atoms with Gasteiger partial charge in [-0.3, -0.25) is 4.79 Å². The number of unbranched alkanes of at least 4 members (excludes halogenated alkanes) is 9. The van der Waals surface area contributed by atoms with E-state index in [2.05, 4.69) is 19.1 Å². The molecular weight excluding hydrogens is 288 g/mol. The molecule has 1 fully saturated rings. The van der Waals surface area contributed by atoms with E-state index in [1.807, 2.05) is 0 Å². The fourth-order valence-corrected chi connectivity index (χ4v) is 3.06. The summed E-state index contributed by atoms with van der Waals surface area (Å²) in [6, 6.07) is 0. The zero-order valence-electron chi connectivity index (χ0n) is 15.0. The average molecular weight is 325 g/mol. The minimum absolute atomic E-state index is 0.322. The summed E-state index contributed by atoms with van der Waals surface area (Å²) in [6.07, 6.45) is 21.8. The van der Waals surface area contributed by atoms with Crippen LogP contribution in [0.5, 0.6) is 0 Å². The molecular formula is C20H36O3. The van der Waals surface area contributed by atoms with Crippen molar-refractivity contribution in [3.05, 3.63) is 12.2 Å². The van der Waals surface area contributed by atoms with Crippen molar-refractivity contribution in [2.75, 3.05) is 0 Å². The second-order valence-corrected chi connectivity index (χ2v) is 6.78. The Bertz CT molecular complexity index is 325. The summed E-state index contributed by atoms with van der Waals surface area (Å²) in [5.74, 6) is -0.670. The molecule has 0 radical (unpaired) electrons. The number of aliphatic carboxylic acids is 1. The number of epoxide rings is 1. The Balaban J connectivity index is 1.71. The van der Waals surface area contributed by atoms with E-state index in [-0.39, 0.29) is 0 Å². The monoisotopic (exact) mass is 324 g/mol. The average Bonchev–Trinajstić information content (AvgIpc) is 3.29. The van der Waals surface area contributed by atoms with E-state index in [9.17, 15) is 4.79 Å². The summed E-state index contributed by atoms with van der Waals surface area (Å²) >= 11 is 0. The molecule has 2 atom stereocenters. The van der Waals surface area contributed by atoms with Gasteiger partial charge in [0, 0.05) is 6.42 Å². The summed E-state index contributed by atoms with van der Waals surface area (Å²) in [5.41, 5.74) is 0. The number of ether oxygens (including phenoxy) is 1. The Labute approximate surface area is 142 Å². The maximum Gasteiger partial charge on any atom is 0.303 e. The summed E-state index contributed by atoms with van der Waals surface area (Å²) < 4.78 is 5.55. The molecule has 3 heteroatoms. The van der Waals surface area contributed by atoms with Crippen LogP contribution < -0.4 is 0 Å². The molecule has 0 amide bonds. The molecule has 3 nitrogen and oxygen atoms in total. The first kappa shape index (κ1) is 20.2. The van der Waals surface area contributed by atoms with Gasteiger partial charge in [0.15, 0.2) is 0 Å². The van der Waals surface area contributed by atoms with Gasteiger partial charge in [-0.15, -0.1) is 0 Å². The number of carboxylic acids is 1. The Hall–Kier alpha value is -0.830. The Morgan fingerprint density at radius 3 is 2.00 bits per heavy atom. The predicted octanol–water partition coefficient (Wildman–Crippen LogP) is 5.88. The van der Waals surface area contributed by atoms with E-state index in [1.165, 1.54) is 57.8 Å². The van der Waals surface area contributed by atoms with Crippen LogP contribution >= 0.6 is 0 Å². The van der Waals surface area contributed by atoms with Crippen LogP contribution in [0.4, 0.5) is 0 Å². The van der Waals surface area contributed by atoms with Gasteiger partial charge < -0.3 is 9.84 Å². The second-order valence-electron chi connectivity index (χ2n) is 6.78. The van der Waals surface area contributed by atoms with E-state index in [4.69, 9.17) is 9.84 Å². The van der Waals surface area contributed by atoms with Crippen LogP contribution in [0.2, 0.25) is 0 Å². The number of hydrogen-bond acceptors (Lipinski definition) is 2. The summed E-state index contributed by atoms with van der Waals surface area (Å²) in [5, 5.41) is 8.54. The molecule has 0 aromatic rings. The van der Waals surface area contributed by atoms with Crippen LogP contribution in [0.1, 0.15) is 96.8 Å². The molecule has 1 N–H and O–H groups in total. The molecule has 1 heterocycles. The van der Waals surface area contributed by atoms with Gasteiger partial charge >= 0.3 is 5.97 Å². The highest BCUT2D eigenvalue weighted by Crippen LogP contribution is 2.29. The number of allylic oxidation sites excluding steroid dienone is 2. The van der Waals surface area contributed by atoms with Gasteiger partial charge in [-0.2, -0.15) is 0 Å². The summed E-state index contributed by atoms with van der Waals surface area (Å²) in [6.45, 7) is 2.21. The first-order valence-electron chi connectivity index (χ1n) is 9.76. The lowest BCUT2D eigenvalue weighted by Crippen LogP contribution is -1.93. The van der Waals surface area contributed by atoms with Crippen molar-refractivity contribution in [1.29, 1.82) is 0 Å². The molecule has 0 bridgehead atoms. The Kier molecular flexibility index (Phi) is 11.9. The largest absolute Gasteiger partial charge is 0.481 e. The van der Waals surface area contributed by atoms with Gasteiger partial charge in [0.25, 0.3) is 0 Å². The van der Waals surface area contributed by atoms with Gasteiger partial charge in [0.1, 0.15) is 0 Å². The fourth-order valence-electron chi connectivity index (χ4n) is 3.06. The highest BCUT2D eigenvalue weighted by Gasteiger charge is 2.35. The molecule has 0 aromatic carbocycles. The molecule has 0 aromatic heterocycles. The second kappa shape index (κ2) is 13.6. The maximum absolute atomic E-state index is 10.4. The molecule has 134 valence electrons. The van der Waals surface area contributed by atoms with Crippen molar-refractivity contribution < 1.29 is 14.6 Å². The minimum atomic E-state index is -0.670. The first-order chi connectivity index (χ1) is 11.2. The number of carbonyl (C=O) groups is 1. The highest BCUT2D eigenvalue weighted by atomic mass is 16.6. The van der Waals surface area contributed by atoms with Crippen molar-refractivity contribution >= 4 is 5.97 Å². The lowest BCUT2D eigenvalue weighted by Gasteiger charge is -1.99. The number of rotatable bonds is 16. The number of carboxylic acid groups (broad SMARTS) is 1. The Morgan fingerprint density at radius 1 is 0.870 bits per heavy atom. The molecule has 0 spiro atoms. The van der Waals surface area contributed by atoms with Crippen molar-refractivity contribution in [3.8, 4) is 0 Å². The van der Waals surface area contributed by atoms with Crippen LogP contribution in [-0.2, 0) is 9.53 Å². The highest BCUT2D eigenvalue weighted by molar-refractivity contribution is 5.66. The first-order valence-corrected chi connectivity index (χ1v) is 9.76. The van der Waals surface area contributed by atoms with Crippen LogP contribution in [-0.4, -0.2) is 23.3 Å². The van der Waals surface area contributed by atoms with E-state index in [0.29, 0.717) is 18.6 Å². The van der Waals surface area contributed by atoms with E-state index in [0.717, 1.165) is 25.7 Å². The molecule has 2 unspecified atom stereocenters. The third-order valence-corrected chi connectivity index (χ3v) is 4.63. The van der Waals surface area contributed by atoms with Crippen molar-refractivity contribution in [1.82, 2.24) is 0 Å². The van der Waals surface area contributed by atoms with E-state index in [1.54, 1.807) is 0 Å². The Morgan fingerprint density at radius 2 is 1.43 bits per heavy atom. The third kappa shape index (κ3) is 12.3. The lowest BCUT2D eigenvalue weighted by molar-refractivity contribution is -0.137. The fraction of sp³-hybridized carbons (Fsp3) is 0.850. The van der Waals surface area contributed by atoms with Crippen LogP contribution in [0.25, 0.3) is 0 Å². The van der Waals surface area contributed by atoms with Crippen LogP contribution in [0.15, 0.2) is 12.2 Å². The van der Waals surface area contributed by atoms with Gasteiger partial charge in [0.05, 0.1) is 12.2 Å². The molecule has 1 aliphatic rings. The smallest absolute Gasteiger partial charge is 0.303 e. The molecule has 1 aliphatic heterocycles. The molecule has 23 heavy (non-hydrogen) atoms. The van der Waals surface area contributed by atoms with Gasteiger partial charge in [-0.05, 0) is 44.9 Å². The van der Waals surface area contributed by atoms with Crippen LogP contribution in [0, 0.1) is 0 Å². The minimum Gasteiger partial charge on any atom is -0.481 e.